The maximum Gasteiger partial charge on any atom is 0.416 e. The summed E-state index contributed by atoms with van der Waals surface area (Å²) in [5.41, 5.74) is -0.548. The number of nitrogens with one attached hydrogen (secondary N) is 1. The molecule has 0 aliphatic carbocycles. The Balaban J connectivity index is 1.64. The highest BCUT2D eigenvalue weighted by Crippen LogP contribution is 2.33. The van der Waals surface area contributed by atoms with E-state index in [9.17, 15) is 32.3 Å². The van der Waals surface area contributed by atoms with Gasteiger partial charge >= 0.3 is 12.1 Å². The van der Waals surface area contributed by atoms with E-state index >= 15 is 0 Å². The largest absolute Gasteiger partial charge is 0.482 e. The normalized spacial score (nSPS) is 15.1. The lowest BCUT2D eigenvalue weighted by Gasteiger charge is -2.13. The zero-order valence-corrected chi connectivity index (χ0v) is 17.4. The molecule has 1 aliphatic rings. The number of thioether (sulfide) groups is 1. The summed E-state index contributed by atoms with van der Waals surface area (Å²) < 4.78 is 43.4. The van der Waals surface area contributed by atoms with Gasteiger partial charge in [-0.1, -0.05) is 18.2 Å². The number of benzene rings is 2. The molecule has 3 amide bonds. The van der Waals surface area contributed by atoms with Gasteiger partial charge in [0.1, 0.15) is 12.3 Å². The number of halogens is 3. The van der Waals surface area contributed by atoms with E-state index in [-0.39, 0.29) is 10.6 Å². The number of alkyl halides is 3. The van der Waals surface area contributed by atoms with Crippen molar-refractivity contribution in [3.63, 3.8) is 0 Å². The molecule has 33 heavy (non-hydrogen) atoms. The fourth-order valence-electron chi connectivity index (χ4n) is 2.71. The van der Waals surface area contributed by atoms with Crippen molar-refractivity contribution >= 4 is 46.5 Å². The first-order valence-corrected chi connectivity index (χ1v) is 10.0. The van der Waals surface area contributed by atoms with Crippen molar-refractivity contribution in [1.29, 1.82) is 0 Å². The standard InChI is InChI=1S/C21H15F3N2O6S/c22-21(23,24)13-2-1-3-14(9-13)25-17(27)10-26-19(30)16(33-20(26)31)8-12-4-6-15(7-5-12)32-11-18(28)29/h1-9H,10-11H2,(H,25,27)(H,28,29)/b16-8-. The van der Waals surface area contributed by atoms with Crippen molar-refractivity contribution in [2.75, 3.05) is 18.5 Å². The first-order chi connectivity index (χ1) is 15.5. The molecule has 1 aliphatic heterocycles. The van der Waals surface area contributed by atoms with E-state index in [1.165, 1.54) is 24.3 Å². The van der Waals surface area contributed by atoms with E-state index in [1.807, 2.05) is 0 Å². The number of carbonyl (C=O) groups is 4. The van der Waals surface area contributed by atoms with E-state index in [0.717, 1.165) is 18.2 Å². The minimum absolute atomic E-state index is 0.0473. The van der Waals surface area contributed by atoms with Crippen LogP contribution in [0.4, 0.5) is 23.7 Å². The van der Waals surface area contributed by atoms with Crippen molar-refractivity contribution in [2.45, 2.75) is 6.18 Å². The number of hydrogen-bond acceptors (Lipinski definition) is 6. The number of rotatable bonds is 7. The SMILES string of the molecule is O=C(O)COc1ccc(/C=C2\SC(=O)N(CC(=O)Nc3cccc(C(F)(F)F)c3)C2=O)cc1. The monoisotopic (exact) mass is 480 g/mol. The second-order valence-electron chi connectivity index (χ2n) is 6.65. The highest BCUT2D eigenvalue weighted by Gasteiger charge is 2.36. The number of imide groups is 1. The highest BCUT2D eigenvalue weighted by atomic mass is 32.2. The van der Waals surface area contributed by atoms with Gasteiger partial charge in [0, 0.05) is 5.69 Å². The van der Waals surface area contributed by atoms with E-state index < -0.39 is 47.9 Å². The summed E-state index contributed by atoms with van der Waals surface area (Å²) in [6, 6.07) is 10.0. The molecule has 0 bridgehead atoms. The van der Waals surface area contributed by atoms with E-state index in [2.05, 4.69) is 5.32 Å². The van der Waals surface area contributed by atoms with Crippen LogP contribution in [-0.4, -0.2) is 46.2 Å². The van der Waals surface area contributed by atoms with Crippen LogP contribution in [0.3, 0.4) is 0 Å². The van der Waals surface area contributed by atoms with Gasteiger partial charge in [0.25, 0.3) is 11.1 Å². The molecule has 1 saturated heterocycles. The molecule has 2 N–H and O–H groups in total. The van der Waals surface area contributed by atoms with Crippen LogP contribution in [0.1, 0.15) is 11.1 Å². The number of ether oxygens (including phenoxy) is 1. The van der Waals surface area contributed by atoms with Gasteiger partial charge in [0.15, 0.2) is 6.61 Å². The zero-order valence-electron chi connectivity index (χ0n) is 16.6. The Morgan fingerprint density at radius 2 is 1.82 bits per heavy atom. The van der Waals surface area contributed by atoms with Gasteiger partial charge in [-0.15, -0.1) is 0 Å². The summed E-state index contributed by atoms with van der Waals surface area (Å²) in [6.07, 6.45) is -3.17. The van der Waals surface area contributed by atoms with Crippen molar-refractivity contribution in [3.8, 4) is 5.75 Å². The number of nitrogens with zero attached hydrogens (tertiary/aromatic N) is 1. The summed E-state index contributed by atoms with van der Waals surface area (Å²) in [4.78, 5) is 48.2. The predicted octanol–water partition coefficient (Wildman–Crippen LogP) is 3.84. The molecule has 1 heterocycles. The van der Waals surface area contributed by atoms with Gasteiger partial charge in [0.05, 0.1) is 10.5 Å². The Kier molecular flexibility index (Phi) is 7.07. The number of carboxylic acids is 1. The molecular weight excluding hydrogens is 465 g/mol. The molecular formula is C21H15F3N2O6S. The average Bonchev–Trinajstić information content (AvgIpc) is 3.00. The predicted molar refractivity (Wildman–Crippen MR) is 112 cm³/mol. The zero-order chi connectivity index (χ0) is 24.2. The summed E-state index contributed by atoms with van der Waals surface area (Å²) >= 11 is 0.610. The van der Waals surface area contributed by atoms with Gasteiger partial charge in [-0.2, -0.15) is 13.2 Å². The Morgan fingerprint density at radius 3 is 2.45 bits per heavy atom. The molecule has 12 heteroatoms. The number of carbonyl (C=O) groups excluding carboxylic acids is 3. The molecule has 0 unspecified atom stereocenters. The first-order valence-electron chi connectivity index (χ1n) is 9.20. The van der Waals surface area contributed by atoms with Crippen LogP contribution in [0, 0.1) is 0 Å². The number of anilines is 1. The molecule has 8 nitrogen and oxygen atoms in total. The van der Waals surface area contributed by atoms with Crippen LogP contribution in [0.25, 0.3) is 6.08 Å². The van der Waals surface area contributed by atoms with Gasteiger partial charge in [0.2, 0.25) is 5.91 Å². The molecule has 2 aromatic carbocycles. The fourth-order valence-corrected chi connectivity index (χ4v) is 3.55. The smallest absolute Gasteiger partial charge is 0.416 e. The summed E-state index contributed by atoms with van der Waals surface area (Å²) in [7, 11) is 0. The number of amides is 3. The molecule has 0 atom stereocenters. The molecule has 0 saturated carbocycles. The van der Waals surface area contributed by atoms with Gasteiger partial charge in [-0.25, -0.2) is 4.79 Å². The van der Waals surface area contributed by atoms with Crippen LogP contribution in [0.5, 0.6) is 5.75 Å². The van der Waals surface area contributed by atoms with Crippen LogP contribution in [0.15, 0.2) is 53.4 Å². The lowest BCUT2D eigenvalue weighted by molar-refractivity contribution is -0.139. The summed E-state index contributed by atoms with van der Waals surface area (Å²) in [5, 5.41) is 10.1. The van der Waals surface area contributed by atoms with Crippen LogP contribution < -0.4 is 10.1 Å². The van der Waals surface area contributed by atoms with Gasteiger partial charge in [-0.05, 0) is 53.7 Å². The van der Waals surface area contributed by atoms with Crippen LogP contribution in [0.2, 0.25) is 0 Å². The Hall–Kier alpha value is -3.80. The fraction of sp³-hybridized carbons (Fsp3) is 0.143. The Morgan fingerprint density at radius 1 is 1.12 bits per heavy atom. The first kappa shape index (κ1) is 23.9. The third-order valence-corrected chi connectivity index (χ3v) is 5.10. The van der Waals surface area contributed by atoms with Crippen molar-refractivity contribution in [1.82, 2.24) is 4.90 Å². The number of hydrogen-bond donors (Lipinski definition) is 2. The molecule has 0 spiro atoms. The third-order valence-electron chi connectivity index (χ3n) is 4.19. The topological polar surface area (TPSA) is 113 Å². The minimum atomic E-state index is -4.58. The molecule has 3 rings (SSSR count). The van der Waals surface area contributed by atoms with E-state index in [1.54, 1.807) is 12.1 Å². The lowest BCUT2D eigenvalue weighted by atomic mass is 10.2. The minimum Gasteiger partial charge on any atom is -0.482 e. The van der Waals surface area contributed by atoms with Crippen molar-refractivity contribution < 1.29 is 42.2 Å². The molecule has 0 radical (unpaired) electrons. The van der Waals surface area contributed by atoms with Crippen LogP contribution in [-0.2, 0) is 20.6 Å². The summed E-state index contributed by atoms with van der Waals surface area (Å²) in [6.45, 7) is -1.18. The second-order valence-corrected chi connectivity index (χ2v) is 7.64. The maximum absolute atomic E-state index is 12.8. The van der Waals surface area contributed by atoms with Gasteiger partial charge in [-0.3, -0.25) is 19.3 Å². The van der Waals surface area contributed by atoms with E-state index in [0.29, 0.717) is 28.0 Å². The lowest BCUT2D eigenvalue weighted by Crippen LogP contribution is -2.36. The quantitative estimate of drug-likeness (QED) is 0.579. The third kappa shape index (κ3) is 6.35. The number of carboxylic acid groups (broad SMARTS) is 1. The van der Waals surface area contributed by atoms with Crippen molar-refractivity contribution in [3.05, 3.63) is 64.6 Å². The highest BCUT2D eigenvalue weighted by molar-refractivity contribution is 8.18. The van der Waals surface area contributed by atoms with Crippen molar-refractivity contribution in [2.24, 2.45) is 0 Å². The maximum atomic E-state index is 12.8. The molecule has 0 aromatic heterocycles. The van der Waals surface area contributed by atoms with Crippen LogP contribution >= 0.6 is 11.8 Å². The summed E-state index contributed by atoms with van der Waals surface area (Å²) in [5.74, 6) is -2.40. The molecule has 2 aromatic rings. The Bertz CT molecular complexity index is 1130. The molecule has 1 fully saturated rings. The number of aliphatic carboxylic acids is 1. The Labute approximate surface area is 189 Å². The van der Waals surface area contributed by atoms with Gasteiger partial charge < -0.3 is 15.2 Å². The second kappa shape index (κ2) is 9.77. The average molecular weight is 480 g/mol. The molecule has 172 valence electrons. The van der Waals surface area contributed by atoms with E-state index in [4.69, 9.17) is 9.84 Å².